The molecule has 3 saturated heterocycles. The number of phosphoric acid groups is 2. The molecule has 0 aromatic heterocycles. The van der Waals surface area contributed by atoms with Crippen molar-refractivity contribution in [3.8, 4) is 0 Å². The maximum atomic E-state index is 12.7. The Morgan fingerprint density at radius 1 is 0.784 bits per heavy atom. The van der Waals surface area contributed by atoms with Gasteiger partial charge in [-0.2, -0.15) is 0 Å². The van der Waals surface area contributed by atoms with E-state index in [0.717, 1.165) is 6.42 Å². The summed E-state index contributed by atoms with van der Waals surface area (Å²) in [6.45, 7) is 11.3. The molecule has 0 aliphatic carbocycles. The fraction of sp³-hybridized carbons (Fsp3) is 1.00. The summed E-state index contributed by atoms with van der Waals surface area (Å²) in [5.74, 6) is 0.802. The lowest BCUT2D eigenvalue weighted by atomic mass is 9.88. The zero-order valence-electron chi connectivity index (χ0n) is 22.5. The van der Waals surface area contributed by atoms with Gasteiger partial charge in [0.2, 0.25) is 0 Å². The molecule has 0 spiro atoms. The first-order valence-corrected chi connectivity index (χ1v) is 16.1. The van der Waals surface area contributed by atoms with Gasteiger partial charge < -0.3 is 29.1 Å². The van der Waals surface area contributed by atoms with Crippen LogP contribution in [0.2, 0.25) is 0 Å². The van der Waals surface area contributed by atoms with Gasteiger partial charge in [0.15, 0.2) is 6.29 Å². The summed E-state index contributed by atoms with van der Waals surface area (Å²) in [6.07, 6.45) is -3.10. The number of hydrogen-bond donors (Lipinski definition) is 3. The molecule has 3 N–H and O–H groups in total. The molecule has 2 unspecified atom stereocenters. The van der Waals surface area contributed by atoms with Crippen LogP contribution in [0, 0.1) is 17.8 Å². The van der Waals surface area contributed by atoms with Gasteiger partial charge in [0.1, 0.15) is 12.2 Å². The van der Waals surface area contributed by atoms with Crippen molar-refractivity contribution in [1.82, 2.24) is 0 Å². The minimum absolute atomic E-state index is 0.0240. The third-order valence-electron chi connectivity index (χ3n) is 6.96. The molecule has 0 aromatic carbocycles. The van der Waals surface area contributed by atoms with E-state index in [-0.39, 0.29) is 43.4 Å². The van der Waals surface area contributed by atoms with E-state index in [1.165, 1.54) is 0 Å². The van der Waals surface area contributed by atoms with Crippen LogP contribution in [0.4, 0.5) is 0 Å². The fourth-order valence-corrected chi connectivity index (χ4v) is 7.17. The molecular formula is C23H44O12P2. The van der Waals surface area contributed by atoms with Gasteiger partial charge in [-0.05, 0) is 44.4 Å². The smallest absolute Gasteiger partial charge is 0.373 e. The molecule has 37 heavy (non-hydrogen) atoms. The lowest BCUT2D eigenvalue weighted by molar-refractivity contribution is -0.107. The van der Waals surface area contributed by atoms with E-state index in [0.29, 0.717) is 24.7 Å². The third-order valence-corrected chi connectivity index (χ3v) is 8.98. The first-order chi connectivity index (χ1) is 17.1. The molecule has 3 fully saturated rings. The molecule has 12 nitrogen and oxygen atoms in total. The van der Waals surface area contributed by atoms with Crippen LogP contribution in [-0.4, -0.2) is 77.1 Å². The Morgan fingerprint density at radius 2 is 1.30 bits per heavy atom. The SMILES string of the molecule is CC(C)C[C@H]1O[C@@H](C)C[C@H]1OP(=O)(O)OC[C@H]1O[C@@H](O)C[C@H]1OP(=O)(O)OC[C@H]1O[C@@H](C)C[C@H]1C(C)C. The summed E-state index contributed by atoms with van der Waals surface area (Å²) in [5, 5.41) is 9.93. The van der Waals surface area contributed by atoms with Crippen LogP contribution in [0.25, 0.3) is 0 Å². The highest BCUT2D eigenvalue weighted by molar-refractivity contribution is 7.47. The number of ether oxygens (including phenoxy) is 3. The molecule has 0 amide bonds. The highest BCUT2D eigenvalue weighted by Gasteiger charge is 2.44. The Kier molecular flexibility index (Phi) is 11.2. The summed E-state index contributed by atoms with van der Waals surface area (Å²) in [6, 6.07) is 0. The van der Waals surface area contributed by atoms with Crippen LogP contribution in [0.15, 0.2) is 0 Å². The van der Waals surface area contributed by atoms with Gasteiger partial charge in [0.05, 0.1) is 43.7 Å². The maximum absolute atomic E-state index is 12.7. The molecule has 3 aliphatic heterocycles. The molecule has 3 heterocycles. The van der Waals surface area contributed by atoms with Crippen molar-refractivity contribution in [2.45, 2.75) is 116 Å². The van der Waals surface area contributed by atoms with Crippen LogP contribution in [0.3, 0.4) is 0 Å². The first-order valence-electron chi connectivity index (χ1n) is 13.1. The molecular weight excluding hydrogens is 530 g/mol. The number of rotatable bonds is 13. The van der Waals surface area contributed by atoms with Gasteiger partial charge in [0.25, 0.3) is 0 Å². The van der Waals surface area contributed by atoms with Crippen molar-refractivity contribution in [3.63, 3.8) is 0 Å². The second kappa shape index (κ2) is 13.1. The molecule has 0 saturated carbocycles. The predicted octanol–water partition coefficient (Wildman–Crippen LogP) is 3.77. The van der Waals surface area contributed by atoms with Crippen LogP contribution < -0.4 is 0 Å². The standard InChI is InChI=1S/C23H44O12P2/c1-13(2)7-18-19(9-16(6)31-18)34-37(27,28)30-12-22-20(10-23(24)33-22)35-36(25,26)29-11-21-17(14(3)4)8-15(5)32-21/h13-24H,7-12H2,1-6H3,(H,25,26)(H,27,28)/t15-,16-,17-,18+,19+,20+,21+,22+,23+/m0/s1. The second-order valence-electron chi connectivity index (χ2n) is 11.2. The lowest BCUT2D eigenvalue weighted by Gasteiger charge is -2.25. The highest BCUT2D eigenvalue weighted by Crippen LogP contribution is 2.51. The van der Waals surface area contributed by atoms with Gasteiger partial charge in [0, 0.05) is 12.8 Å². The number of aliphatic hydroxyl groups is 1. The van der Waals surface area contributed by atoms with E-state index >= 15 is 0 Å². The Hall–Kier alpha value is 0.0600. The van der Waals surface area contributed by atoms with E-state index in [2.05, 4.69) is 13.8 Å². The first kappa shape index (κ1) is 31.6. The van der Waals surface area contributed by atoms with Crippen LogP contribution in [0.5, 0.6) is 0 Å². The van der Waals surface area contributed by atoms with Crippen molar-refractivity contribution in [3.05, 3.63) is 0 Å². The summed E-state index contributed by atoms with van der Waals surface area (Å²) < 4.78 is 63.3. The molecule has 218 valence electrons. The van der Waals surface area contributed by atoms with Crippen molar-refractivity contribution >= 4 is 15.6 Å². The summed E-state index contributed by atoms with van der Waals surface area (Å²) in [7, 11) is -9.08. The molecule has 0 bridgehead atoms. The minimum atomic E-state index is -4.56. The van der Waals surface area contributed by atoms with Crippen molar-refractivity contribution in [2.75, 3.05) is 13.2 Å². The zero-order chi connectivity index (χ0) is 27.5. The number of hydrogen-bond acceptors (Lipinski definition) is 10. The molecule has 3 aliphatic rings. The van der Waals surface area contributed by atoms with E-state index in [9.17, 15) is 24.0 Å². The Morgan fingerprint density at radius 3 is 1.86 bits per heavy atom. The number of phosphoric ester groups is 2. The summed E-state index contributed by atoms with van der Waals surface area (Å²) >= 11 is 0. The van der Waals surface area contributed by atoms with Crippen LogP contribution in [-0.2, 0) is 41.4 Å². The minimum Gasteiger partial charge on any atom is -0.373 e. The van der Waals surface area contributed by atoms with Gasteiger partial charge in [-0.3, -0.25) is 18.1 Å². The van der Waals surface area contributed by atoms with E-state index in [1.807, 2.05) is 27.7 Å². The Balaban J connectivity index is 1.52. The maximum Gasteiger partial charge on any atom is 0.472 e. The van der Waals surface area contributed by atoms with Crippen LogP contribution in [0.1, 0.15) is 67.2 Å². The number of aliphatic hydroxyl groups excluding tert-OH is 1. The summed E-state index contributed by atoms with van der Waals surface area (Å²) in [4.78, 5) is 20.6. The van der Waals surface area contributed by atoms with Crippen LogP contribution >= 0.6 is 15.6 Å². The Bertz CT molecular complexity index is 826. The second-order valence-corrected chi connectivity index (χ2v) is 14.0. The monoisotopic (exact) mass is 574 g/mol. The van der Waals surface area contributed by atoms with E-state index < -0.39 is 46.9 Å². The third kappa shape index (κ3) is 9.59. The van der Waals surface area contributed by atoms with Crippen molar-refractivity contribution in [2.24, 2.45) is 17.8 Å². The molecule has 3 rings (SSSR count). The largest absolute Gasteiger partial charge is 0.472 e. The molecule has 11 atom stereocenters. The highest BCUT2D eigenvalue weighted by atomic mass is 31.2. The quantitative estimate of drug-likeness (QED) is 0.274. The average Bonchev–Trinajstić information content (AvgIpc) is 3.40. The topological polar surface area (TPSA) is 159 Å². The van der Waals surface area contributed by atoms with Gasteiger partial charge in [-0.25, -0.2) is 9.13 Å². The van der Waals surface area contributed by atoms with Crippen molar-refractivity contribution in [1.29, 1.82) is 0 Å². The van der Waals surface area contributed by atoms with Crippen molar-refractivity contribution < 1.29 is 56.3 Å². The van der Waals surface area contributed by atoms with Gasteiger partial charge in [-0.1, -0.05) is 27.7 Å². The van der Waals surface area contributed by atoms with Gasteiger partial charge in [-0.15, -0.1) is 0 Å². The van der Waals surface area contributed by atoms with Gasteiger partial charge >= 0.3 is 15.6 Å². The average molecular weight is 575 g/mol. The lowest BCUT2D eigenvalue weighted by Crippen LogP contribution is -2.30. The molecule has 0 aromatic rings. The zero-order valence-corrected chi connectivity index (χ0v) is 24.3. The summed E-state index contributed by atoms with van der Waals surface area (Å²) in [5.41, 5.74) is 0. The predicted molar refractivity (Wildman–Crippen MR) is 132 cm³/mol. The molecule has 14 heteroatoms. The van der Waals surface area contributed by atoms with E-state index in [4.69, 9.17) is 32.3 Å². The normalized spacial score (nSPS) is 39.9. The van der Waals surface area contributed by atoms with E-state index in [1.54, 1.807) is 0 Å². The molecule has 0 radical (unpaired) electrons. The Labute approximate surface area is 219 Å². The fourth-order valence-electron chi connectivity index (χ4n) is 5.25.